The molecule has 0 radical (unpaired) electrons. The minimum absolute atomic E-state index is 0. The fourth-order valence-electron chi connectivity index (χ4n) is 3.15. The highest BCUT2D eigenvalue weighted by atomic mass is 127. The van der Waals surface area contributed by atoms with Crippen LogP contribution in [0.5, 0.6) is 0 Å². The molecule has 0 atom stereocenters. The van der Waals surface area contributed by atoms with Crippen molar-refractivity contribution in [3.8, 4) is 0 Å². The highest BCUT2D eigenvalue weighted by Gasteiger charge is 2.16. The summed E-state index contributed by atoms with van der Waals surface area (Å²) in [5.41, 5.74) is 2.74. The zero-order chi connectivity index (χ0) is 19.1. The van der Waals surface area contributed by atoms with Gasteiger partial charge in [0.2, 0.25) is 0 Å². The van der Waals surface area contributed by atoms with E-state index in [1.54, 1.807) is 0 Å². The second-order valence-corrected chi connectivity index (χ2v) is 6.93. The van der Waals surface area contributed by atoms with Gasteiger partial charge in [0.15, 0.2) is 11.8 Å². The SMILES string of the molecule is CCCCNC(=NCc1nnc(C)n1C)N1CC=C(c2ccccc2)CC1.I. The van der Waals surface area contributed by atoms with Crippen molar-refractivity contribution < 1.29 is 0 Å². The van der Waals surface area contributed by atoms with Crippen LogP contribution in [0.3, 0.4) is 0 Å². The van der Waals surface area contributed by atoms with Crippen LogP contribution in [0.4, 0.5) is 0 Å². The van der Waals surface area contributed by atoms with E-state index in [0.29, 0.717) is 6.54 Å². The number of benzene rings is 1. The van der Waals surface area contributed by atoms with Crippen molar-refractivity contribution >= 4 is 35.5 Å². The third kappa shape index (κ3) is 5.80. The van der Waals surface area contributed by atoms with E-state index >= 15 is 0 Å². The van der Waals surface area contributed by atoms with Crippen LogP contribution >= 0.6 is 24.0 Å². The van der Waals surface area contributed by atoms with E-state index in [1.807, 2.05) is 18.5 Å². The third-order valence-electron chi connectivity index (χ3n) is 5.02. The number of nitrogens with zero attached hydrogens (tertiary/aromatic N) is 5. The summed E-state index contributed by atoms with van der Waals surface area (Å²) in [4.78, 5) is 7.17. The predicted octanol–water partition coefficient (Wildman–Crippen LogP) is 3.78. The first-order valence-electron chi connectivity index (χ1n) is 9.81. The predicted molar refractivity (Wildman–Crippen MR) is 126 cm³/mol. The van der Waals surface area contributed by atoms with E-state index in [0.717, 1.165) is 50.1 Å². The van der Waals surface area contributed by atoms with E-state index in [4.69, 9.17) is 4.99 Å². The monoisotopic (exact) mass is 494 g/mol. The van der Waals surface area contributed by atoms with Crippen LogP contribution in [0.2, 0.25) is 0 Å². The Bertz CT molecular complexity index is 796. The van der Waals surface area contributed by atoms with E-state index in [2.05, 4.69) is 63.7 Å². The lowest BCUT2D eigenvalue weighted by Gasteiger charge is -2.30. The van der Waals surface area contributed by atoms with Gasteiger partial charge in [0.25, 0.3) is 0 Å². The van der Waals surface area contributed by atoms with Crippen molar-refractivity contribution in [3.63, 3.8) is 0 Å². The highest BCUT2D eigenvalue weighted by Crippen LogP contribution is 2.22. The smallest absolute Gasteiger partial charge is 0.194 e. The molecule has 152 valence electrons. The normalized spacial score (nSPS) is 14.5. The average Bonchev–Trinajstić information content (AvgIpc) is 3.03. The van der Waals surface area contributed by atoms with Gasteiger partial charge >= 0.3 is 0 Å². The second kappa shape index (κ2) is 11.2. The van der Waals surface area contributed by atoms with Crippen LogP contribution in [0.25, 0.3) is 5.57 Å². The Morgan fingerprint density at radius 3 is 2.61 bits per heavy atom. The summed E-state index contributed by atoms with van der Waals surface area (Å²) in [6, 6.07) is 10.6. The van der Waals surface area contributed by atoms with Crippen LogP contribution in [0.15, 0.2) is 41.4 Å². The summed E-state index contributed by atoms with van der Waals surface area (Å²) in [5, 5.41) is 11.9. The first kappa shape index (κ1) is 22.4. The maximum atomic E-state index is 4.84. The Kier molecular flexibility index (Phi) is 8.95. The maximum Gasteiger partial charge on any atom is 0.194 e. The summed E-state index contributed by atoms with van der Waals surface area (Å²) in [6.45, 7) is 7.49. The molecule has 0 fully saturated rings. The molecule has 0 saturated carbocycles. The number of unbranched alkanes of at least 4 members (excludes halogenated alkanes) is 1. The molecule has 6 nitrogen and oxygen atoms in total. The molecule has 1 aliphatic heterocycles. The summed E-state index contributed by atoms with van der Waals surface area (Å²) in [7, 11) is 1.99. The molecule has 2 heterocycles. The van der Waals surface area contributed by atoms with Gasteiger partial charge in [-0.3, -0.25) is 0 Å². The number of guanidine groups is 1. The quantitative estimate of drug-likeness (QED) is 0.288. The van der Waals surface area contributed by atoms with Crippen LogP contribution in [0.1, 0.15) is 43.4 Å². The van der Waals surface area contributed by atoms with Gasteiger partial charge in [0.05, 0.1) is 0 Å². The summed E-state index contributed by atoms with van der Waals surface area (Å²) >= 11 is 0. The summed E-state index contributed by atoms with van der Waals surface area (Å²) in [6.07, 6.45) is 5.66. The lowest BCUT2D eigenvalue weighted by Crippen LogP contribution is -2.44. The summed E-state index contributed by atoms with van der Waals surface area (Å²) < 4.78 is 2.00. The molecule has 1 aromatic carbocycles. The number of aromatic nitrogens is 3. The van der Waals surface area contributed by atoms with E-state index in [9.17, 15) is 0 Å². The molecule has 0 spiro atoms. The molecule has 1 aliphatic rings. The van der Waals surface area contributed by atoms with E-state index in [1.165, 1.54) is 17.6 Å². The maximum absolute atomic E-state index is 4.84. The number of nitrogens with one attached hydrogen (secondary N) is 1. The number of rotatable bonds is 6. The van der Waals surface area contributed by atoms with Gasteiger partial charge in [-0.1, -0.05) is 49.8 Å². The van der Waals surface area contributed by atoms with Crippen molar-refractivity contribution in [3.05, 3.63) is 53.6 Å². The lowest BCUT2D eigenvalue weighted by atomic mass is 10.00. The number of aryl methyl sites for hydroxylation is 1. The molecule has 2 aromatic rings. The molecule has 0 amide bonds. The van der Waals surface area contributed by atoms with Gasteiger partial charge < -0.3 is 14.8 Å². The van der Waals surface area contributed by atoms with Gasteiger partial charge in [0.1, 0.15) is 12.4 Å². The van der Waals surface area contributed by atoms with Gasteiger partial charge in [-0.05, 0) is 30.9 Å². The highest BCUT2D eigenvalue weighted by molar-refractivity contribution is 14.0. The standard InChI is InChI=1S/C21H30N6.HI/c1-4-5-13-22-21(23-16-20-25-24-17(2)26(20)3)27-14-11-19(12-15-27)18-9-7-6-8-10-18;/h6-11H,4-5,12-16H2,1-3H3,(H,22,23);1H. The minimum atomic E-state index is 0. The molecule has 7 heteroatoms. The first-order chi connectivity index (χ1) is 13.2. The van der Waals surface area contributed by atoms with Crippen molar-refractivity contribution in [2.24, 2.45) is 12.0 Å². The fraction of sp³-hybridized carbons (Fsp3) is 0.476. The van der Waals surface area contributed by atoms with Crippen LogP contribution in [-0.2, 0) is 13.6 Å². The number of halogens is 1. The van der Waals surface area contributed by atoms with E-state index in [-0.39, 0.29) is 24.0 Å². The van der Waals surface area contributed by atoms with Gasteiger partial charge in [-0.25, -0.2) is 4.99 Å². The molecule has 28 heavy (non-hydrogen) atoms. The third-order valence-corrected chi connectivity index (χ3v) is 5.02. The molecule has 1 aromatic heterocycles. The van der Waals surface area contributed by atoms with E-state index < -0.39 is 0 Å². The number of hydrogen-bond acceptors (Lipinski definition) is 3. The number of aliphatic imine (C=N–C) groups is 1. The molecule has 0 aliphatic carbocycles. The lowest BCUT2D eigenvalue weighted by molar-refractivity contribution is 0.437. The van der Waals surface area contributed by atoms with Crippen molar-refractivity contribution in [1.82, 2.24) is 25.0 Å². The molecular formula is C21H31IN6. The molecule has 0 bridgehead atoms. The van der Waals surface area contributed by atoms with Gasteiger partial charge in [-0.15, -0.1) is 34.2 Å². The second-order valence-electron chi connectivity index (χ2n) is 6.93. The molecule has 0 unspecified atom stereocenters. The van der Waals surface area contributed by atoms with Crippen molar-refractivity contribution in [2.75, 3.05) is 19.6 Å². The minimum Gasteiger partial charge on any atom is -0.356 e. The average molecular weight is 494 g/mol. The Balaban J connectivity index is 0.00000280. The number of hydrogen-bond donors (Lipinski definition) is 1. The Morgan fingerprint density at radius 2 is 2.00 bits per heavy atom. The van der Waals surface area contributed by atoms with Crippen LogP contribution in [0, 0.1) is 6.92 Å². The molecule has 0 saturated heterocycles. The summed E-state index contributed by atoms with van der Waals surface area (Å²) in [5.74, 6) is 2.77. The molecular weight excluding hydrogens is 463 g/mol. The molecule has 1 N–H and O–H groups in total. The fourth-order valence-corrected chi connectivity index (χ4v) is 3.15. The zero-order valence-corrected chi connectivity index (χ0v) is 19.4. The van der Waals surface area contributed by atoms with Gasteiger partial charge in [0, 0.05) is 26.7 Å². The largest absolute Gasteiger partial charge is 0.356 e. The van der Waals surface area contributed by atoms with Crippen LogP contribution in [-0.4, -0.2) is 45.3 Å². The van der Waals surface area contributed by atoms with Gasteiger partial charge in [-0.2, -0.15) is 0 Å². The Hall–Kier alpha value is -1.90. The van der Waals surface area contributed by atoms with Crippen LogP contribution < -0.4 is 5.32 Å². The van der Waals surface area contributed by atoms with Crippen molar-refractivity contribution in [2.45, 2.75) is 39.7 Å². The van der Waals surface area contributed by atoms with Crippen molar-refractivity contribution in [1.29, 1.82) is 0 Å². The Morgan fingerprint density at radius 1 is 1.21 bits per heavy atom. The molecule has 3 rings (SSSR count). The first-order valence-corrected chi connectivity index (χ1v) is 9.81. The topological polar surface area (TPSA) is 58.3 Å². The Labute approximate surface area is 185 Å². The zero-order valence-electron chi connectivity index (χ0n) is 17.1.